The lowest BCUT2D eigenvalue weighted by molar-refractivity contribution is -0.426. The van der Waals surface area contributed by atoms with Crippen LogP contribution in [0.2, 0.25) is 0 Å². The second-order valence-electron chi connectivity index (χ2n) is 4.70. The number of halogens is 2. The van der Waals surface area contributed by atoms with Gasteiger partial charge >= 0.3 is 5.70 Å². The van der Waals surface area contributed by atoms with Gasteiger partial charge in [0, 0.05) is 13.1 Å². The van der Waals surface area contributed by atoms with Crippen molar-refractivity contribution in [3.05, 3.63) is 31.9 Å². The first kappa shape index (κ1) is 16.2. The number of rotatable bonds is 4. The van der Waals surface area contributed by atoms with E-state index in [-0.39, 0.29) is 27.8 Å². The molecule has 0 amide bonds. The molecule has 1 N–H and O–H groups in total. The first-order valence-corrected chi connectivity index (χ1v) is 7.46. The fourth-order valence-corrected chi connectivity index (χ4v) is 2.65. The van der Waals surface area contributed by atoms with Gasteiger partial charge in [-0.2, -0.15) is 0 Å². The van der Waals surface area contributed by atoms with Crippen molar-refractivity contribution < 1.29 is 14.4 Å². The Morgan fingerprint density at radius 3 is 2.62 bits per heavy atom. The van der Waals surface area contributed by atoms with Crippen LogP contribution in [0.1, 0.15) is 13.3 Å². The molecule has 0 aromatic rings. The molecule has 2 fully saturated rings. The average Bonchev–Trinajstić information content (AvgIpc) is 2.93. The minimum atomic E-state index is -0.518. The Morgan fingerprint density at radius 2 is 2.14 bits per heavy atom. The fourth-order valence-electron chi connectivity index (χ4n) is 2.23. The number of ether oxygens (including phenoxy) is 2. The minimum Gasteiger partial charge on any atom is -0.472 e. The largest absolute Gasteiger partial charge is 0.472 e. The second-order valence-corrected chi connectivity index (χ2v) is 5.65. The van der Waals surface area contributed by atoms with Crippen molar-refractivity contribution >= 4 is 23.2 Å². The summed E-state index contributed by atoms with van der Waals surface area (Å²) < 4.78 is 10.5. The van der Waals surface area contributed by atoms with Crippen molar-refractivity contribution in [2.75, 3.05) is 32.9 Å². The highest BCUT2D eigenvalue weighted by molar-refractivity contribution is 6.56. The van der Waals surface area contributed by atoms with Gasteiger partial charge in [-0.1, -0.05) is 30.1 Å². The number of nitrogens with one attached hydrogen (secondary N) is 1. The van der Waals surface area contributed by atoms with Crippen LogP contribution < -0.4 is 5.32 Å². The molecule has 0 aliphatic carbocycles. The van der Waals surface area contributed by atoms with Gasteiger partial charge in [0.05, 0.1) is 24.2 Å². The molecule has 7 nitrogen and oxygen atoms in total. The lowest BCUT2D eigenvalue weighted by atomic mass is 10.2. The summed E-state index contributed by atoms with van der Waals surface area (Å²) in [4.78, 5) is 12.7. The molecule has 0 aromatic heterocycles. The van der Waals surface area contributed by atoms with Gasteiger partial charge in [0.15, 0.2) is 5.70 Å². The van der Waals surface area contributed by atoms with Crippen molar-refractivity contribution in [3.63, 3.8) is 0 Å². The molecule has 2 rings (SSSR count). The Bertz CT molecular complexity index is 471. The predicted molar refractivity (Wildman–Crippen MR) is 78.3 cm³/mol. The molecule has 9 heteroatoms. The third kappa shape index (κ3) is 3.72. The molecule has 0 unspecified atom stereocenters. The van der Waals surface area contributed by atoms with Crippen LogP contribution in [0, 0.1) is 10.1 Å². The van der Waals surface area contributed by atoms with Gasteiger partial charge in [-0.15, -0.1) is 0 Å². The molecule has 0 saturated carbocycles. The molecule has 1 atom stereocenters. The van der Waals surface area contributed by atoms with Crippen LogP contribution in [0.25, 0.3) is 0 Å². The molecule has 0 radical (unpaired) electrons. The Morgan fingerprint density at radius 1 is 1.48 bits per heavy atom. The van der Waals surface area contributed by atoms with Gasteiger partial charge in [-0.25, -0.2) is 0 Å². The van der Waals surface area contributed by atoms with Gasteiger partial charge in [0.25, 0.3) is 5.88 Å². The molecule has 2 saturated heterocycles. The number of morpholine rings is 1. The van der Waals surface area contributed by atoms with Crippen LogP contribution in [-0.4, -0.2) is 48.8 Å². The molecule has 0 spiro atoms. The summed E-state index contributed by atoms with van der Waals surface area (Å²) in [6.45, 7) is 4.27. The van der Waals surface area contributed by atoms with Crippen molar-refractivity contribution in [2.24, 2.45) is 0 Å². The highest BCUT2D eigenvalue weighted by Crippen LogP contribution is 2.29. The Hall–Kier alpha value is -1.18. The first-order valence-electron chi connectivity index (χ1n) is 6.71. The average molecular weight is 338 g/mol. The highest BCUT2D eigenvalue weighted by atomic mass is 35.5. The summed E-state index contributed by atoms with van der Waals surface area (Å²) in [5.74, 6) is 0.118. The molecule has 0 bridgehead atoms. The van der Waals surface area contributed by atoms with Crippen molar-refractivity contribution in [1.82, 2.24) is 10.2 Å². The standard InChI is InChI=1S/C12H17Cl2N3O4/c1-2-8-7-21-12(15-8)10(17(18)19)9(11(13)14)16-3-5-20-6-4-16/h8,15H,2-7H2,1H3/b12-10+/t8-/m1/s1. The maximum absolute atomic E-state index is 11.5. The van der Waals surface area contributed by atoms with E-state index in [1.165, 1.54) is 0 Å². The van der Waals surface area contributed by atoms with Crippen LogP contribution >= 0.6 is 23.2 Å². The van der Waals surface area contributed by atoms with E-state index < -0.39 is 4.92 Å². The summed E-state index contributed by atoms with van der Waals surface area (Å²) in [7, 11) is 0. The third-order valence-electron chi connectivity index (χ3n) is 3.39. The number of nitrogens with zero attached hydrogens (tertiary/aromatic N) is 2. The maximum Gasteiger partial charge on any atom is 0.354 e. The van der Waals surface area contributed by atoms with Crippen LogP contribution in [0.15, 0.2) is 21.8 Å². The SMILES string of the molecule is CC[C@@H]1CO/C(=C(\C(=C(Cl)Cl)N2CCOCC2)[N+](=O)[O-])N1. The van der Waals surface area contributed by atoms with Gasteiger partial charge in [0.1, 0.15) is 11.1 Å². The normalized spacial score (nSPS) is 24.1. The first-order chi connectivity index (χ1) is 10.0. The molecule has 21 heavy (non-hydrogen) atoms. The molecule has 0 aromatic carbocycles. The van der Waals surface area contributed by atoms with E-state index in [1.807, 2.05) is 6.92 Å². The summed E-state index contributed by atoms with van der Waals surface area (Å²) in [6, 6.07) is 0.0509. The fraction of sp³-hybridized carbons (Fsp3) is 0.667. The molecule has 2 aliphatic rings. The van der Waals surface area contributed by atoms with E-state index in [9.17, 15) is 10.1 Å². The van der Waals surface area contributed by atoms with Gasteiger partial charge in [-0.05, 0) is 6.42 Å². The topological polar surface area (TPSA) is 76.9 Å². The quantitative estimate of drug-likeness (QED) is 0.622. The van der Waals surface area contributed by atoms with Crippen LogP contribution in [0.5, 0.6) is 0 Å². The minimum absolute atomic E-state index is 0.0509. The molecule has 118 valence electrons. The lowest BCUT2D eigenvalue weighted by Gasteiger charge is -2.29. The number of hydrogen-bond donors (Lipinski definition) is 1. The molecular weight excluding hydrogens is 321 g/mol. The summed E-state index contributed by atoms with van der Waals surface area (Å²) >= 11 is 11.8. The van der Waals surface area contributed by atoms with E-state index in [0.717, 1.165) is 6.42 Å². The summed E-state index contributed by atoms with van der Waals surface area (Å²) in [6.07, 6.45) is 0.805. The number of nitro groups is 1. The van der Waals surface area contributed by atoms with E-state index in [4.69, 9.17) is 32.7 Å². The van der Waals surface area contributed by atoms with Crippen molar-refractivity contribution in [2.45, 2.75) is 19.4 Å². The van der Waals surface area contributed by atoms with Gasteiger partial charge in [-0.3, -0.25) is 10.1 Å². The van der Waals surface area contributed by atoms with Gasteiger partial charge in [0.2, 0.25) is 0 Å². The predicted octanol–water partition coefficient (Wildman–Crippen LogP) is 1.81. The number of hydrogen-bond acceptors (Lipinski definition) is 6. The molecule has 2 aliphatic heterocycles. The Labute approximate surface area is 132 Å². The van der Waals surface area contributed by atoms with E-state index in [0.29, 0.717) is 32.9 Å². The van der Waals surface area contributed by atoms with Crippen LogP contribution in [0.4, 0.5) is 0 Å². The van der Waals surface area contributed by atoms with Crippen LogP contribution in [-0.2, 0) is 9.47 Å². The van der Waals surface area contributed by atoms with E-state index in [2.05, 4.69) is 5.32 Å². The zero-order chi connectivity index (χ0) is 15.4. The summed E-state index contributed by atoms with van der Waals surface area (Å²) in [5.41, 5.74) is -0.0567. The summed E-state index contributed by atoms with van der Waals surface area (Å²) in [5, 5.41) is 14.5. The van der Waals surface area contributed by atoms with E-state index in [1.54, 1.807) is 4.90 Å². The Balaban J connectivity index is 2.37. The van der Waals surface area contributed by atoms with Crippen molar-refractivity contribution in [1.29, 1.82) is 0 Å². The van der Waals surface area contributed by atoms with Crippen LogP contribution in [0.3, 0.4) is 0 Å². The third-order valence-corrected chi connectivity index (χ3v) is 3.74. The zero-order valence-corrected chi connectivity index (χ0v) is 13.1. The monoisotopic (exact) mass is 337 g/mol. The zero-order valence-electron chi connectivity index (χ0n) is 11.6. The molecule has 2 heterocycles. The maximum atomic E-state index is 11.5. The molecular formula is C12H17Cl2N3O4. The van der Waals surface area contributed by atoms with E-state index >= 15 is 0 Å². The Kier molecular flexibility index (Phi) is 5.55. The van der Waals surface area contributed by atoms with Crippen molar-refractivity contribution in [3.8, 4) is 0 Å². The van der Waals surface area contributed by atoms with Gasteiger partial charge < -0.3 is 19.7 Å². The smallest absolute Gasteiger partial charge is 0.354 e. The lowest BCUT2D eigenvalue weighted by Crippen LogP contribution is -2.38. The second kappa shape index (κ2) is 7.20. The highest BCUT2D eigenvalue weighted by Gasteiger charge is 2.36.